The predicted octanol–water partition coefficient (Wildman–Crippen LogP) is 3.32. The molecule has 1 N–H and O–H groups in total. The lowest BCUT2D eigenvalue weighted by molar-refractivity contribution is -0.140. The smallest absolute Gasteiger partial charge is 0.383 e. The largest absolute Gasteiger partial charge is 0.419 e. The lowest BCUT2D eigenvalue weighted by Gasteiger charge is -2.15. The Kier molecular flexibility index (Phi) is 3.53. The van der Waals surface area contributed by atoms with E-state index in [1.807, 2.05) is 0 Å². The minimum absolute atomic E-state index is 0.223. The van der Waals surface area contributed by atoms with E-state index in [1.54, 1.807) is 0 Å². The highest BCUT2D eigenvalue weighted by Crippen LogP contribution is 2.35. The Morgan fingerprint density at radius 1 is 1.11 bits per heavy atom. The summed E-state index contributed by atoms with van der Waals surface area (Å²) >= 11 is 0. The summed E-state index contributed by atoms with van der Waals surface area (Å²) in [5.74, 6) is -1.47. The molecule has 0 fully saturated rings. The number of alkyl halides is 3. The molecule has 0 saturated heterocycles. The fourth-order valence-electron chi connectivity index (χ4n) is 1.70. The van der Waals surface area contributed by atoms with Crippen molar-refractivity contribution in [1.82, 2.24) is 4.98 Å². The van der Waals surface area contributed by atoms with Crippen LogP contribution in [0.25, 0.3) is 0 Å². The summed E-state index contributed by atoms with van der Waals surface area (Å²) < 4.78 is 51.5. The summed E-state index contributed by atoms with van der Waals surface area (Å²) in [6.07, 6.45) is -3.58. The van der Waals surface area contributed by atoms with Crippen molar-refractivity contribution >= 4 is 0 Å². The van der Waals surface area contributed by atoms with Gasteiger partial charge >= 0.3 is 6.18 Å². The van der Waals surface area contributed by atoms with Gasteiger partial charge in [0.15, 0.2) is 0 Å². The number of aliphatic hydroxyl groups excluding tert-OH is 1. The van der Waals surface area contributed by atoms with E-state index in [0.717, 1.165) is 12.1 Å². The maximum Gasteiger partial charge on any atom is 0.419 e. The van der Waals surface area contributed by atoms with Gasteiger partial charge < -0.3 is 5.11 Å². The third-order valence-corrected chi connectivity index (χ3v) is 2.63. The van der Waals surface area contributed by atoms with Crippen molar-refractivity contribution in [2.75, 3.05) is 0 Å². The number of hydrogen-bond acceptors (Lipinski definition) is 2. The zero-order valence-corrected chi connectivity index (χ0v) is 9.53. The number of aromatic nitrogens is 1. The van der Waals surface area contributed by atoms with E-state index in [4.69, 9.17) is 0 Å². The van der Waals surface area contributed by atoms with Gasteiger partial charge in [-0.15, -0.1) is 0 Å². The summed E-state index contributed by atoms with van der Waals surface area (Å²) in [7, 11) is 0. The van der Waals surface area contributed by atoms with Gasteiger partial charge in [-0.3, -0.25) is 4.98 Å². The summed E-state index contributed by atoms with van der Waals surface area (Å²) in [6, 6.07) is 5.76. The summed E-state index contributed by atoms with van der Waals surface area (Å²) in [5.41, 5.74) is -1.60. The van der Waals surface area contributed by atoms with Gasteiger partial charge in [0, 0.05) is 23.5 Å². The molecule has 0 aliphatic rings. The Hall–Kier alpha value is -1.95. The molecule has 2 aromatic rings. The lowest BCUT2D eigenvalue weighted by Crippen LogP contribution is -2.12. The fraction of sp³-hybridized carbons (Fsp3) is 0.154. The first-order valence-electron chi connectivity index (χ1n) is 5.35. The van der Waals surface area contributed by atoms with Gasteiger partial charge in [-0.2, -0.15) is 13.2 Å². The van der Waals surface area contributed by atoms with Crippen molar-refractivity contribution in [1.29, 1.82) is 0 Å². The summed E-state index contributed by atoms with van der Waals surface area (Å²) in [6.45, 7) is 0. The highest BCUT2D eigenvalue weighted by molar-refractivity contribution is 5.34. The van der Waals surface area contributed by atoms with Crippen LogP contribution >= 0.6 is 0 Å². The highest BCUT2D eigenvalue weighted by atomic mass is 19.4. The van der Waals surface area contributed by atoms with Crippen LogP contribution in [0.5, 0.6) is 0 Å². The van der Waals surface area contributed by atoms with E-state index in [0.29, 0.717) is 6.07 Å². The molecule has 6 heteroatoms. The molecule has 0 saturated carbocycles. The van der Waals surface area contributed by atoms with Crippen molar-refractivity contribution < 1.29 is 22.7 Å². The number of nitrogens with zero attached hydrogens (tertiary/aromatic N) is 1. The third kappa shape index (κ3) is 2.73. The average Bonchev–Trinajstić information content (AvgIpc) is 2.38. The minimum Gasteiger partial charge on any atom is -0.383 e. The molecule has 0 spiro atoms. The van der Waals surface area contributed by atoms with Crippen LogP contribution in [0.2, 0.25) is 0 Å². The predicted molar refractivity (Wildman–Crippen MR) is 59.7 cm³/mol. The van der Waals surface area contributed by atoms with Gasteiger partial charge in [-0.25, -0.2) is 4.39 Å². The first-order valence-corrected chi connectivity index (χ1v) is 5.35. The minimum atomic E-state index is -4.80. The summed E-state index contributed by atoms with van der Waals surface area (Å²) in [4.78, 5) is 3.73. The highest BCUT2D eigenvalue weighted by Gasteiger charge is 2.35. The number of halogens is 4. The van der Waals surface area contributed by atoms with Crippen LogP contribution in [0.4, 0.5) is 17.6 Å². The second-order valence-electron chi connectivity index (χ2n) is 3.90. The molecule has 1 atom stereocenters. The Morgan fingerprint density at radius 2 is 1.84 bits per heavy atom. The van der Waals surface area contributed by atoms with Crippen LogP contribution in [0, 0.1) is 5.82 Å². The van der Waals surface area contributed by atoms with E-state index in [1.165, 1.54) is 24.5 Å². The Morgan fingerprint density at radius 3 is 2.42 bits per heavy atom. The van der Waals surface area contributed by atoms with Crippen LogP contribution in [0.3, 0.4) is 0 Å². The van der Waals surface area contributed by atoms with Crippen molar-refractivity contribution in [2.45, 2.75) is 12.3 Å². The quantitative estimate of drug-likeness (QED) is 0.850. The maximum absolute atomic E-state index is 13.8. The molecule has 1 aromatic heterocycles. The fourth-order valence-corrected chi connectivity index (χ4v) is 1.70. The van der Waals surface area contributed by atoms with Gasteiger partial charge in [-0.1, -0.05) is 18.2 Å². The maximum atomic E-state index is 13.8. The molecule has 19 heavy (non-hydrogen) atoms. The molecular weight excluding hydrogens is 262 g/mol. The Labute approximate surface area is 106 Å². The van der Waals surface area contributed by atoms with Crippen LogP contribution < -0.4 is 0 Å². The Balaban J connectivity index is 2.47. The molecule has 0 aliphatic carbocycles. The molecule has 0 amide bonds. The van der Waals surface area contributed by atoms with E-state index >= 15 is 0 Å². The number of aliphatic hydroxyl groups is 1. The zero-order valence-electron chi connectivity index (χ0n) is 9.53. The van der Waals surface area contributed by atoms with Crippen molar-refractivity contribution in [3.63, 3.8) is 0 Å². The van der Waals surface area contributed by atoms with Crippen molar-refractivity contribution in [3.05, 3.63) is 65.2 Å². The second-order valence-corrected chi connectivity index (χ2v) is 3.90. The standard InChI is InChI=1S/C13H9F4NO/c14-11-9(4-1-5-10(11)13(15,16)17)12(19)8-3-2-6-18-7-8/h1-7,12,19H. The van der Waals surface area contributed by atoms with E-state index in [2.05, 4.69) is 4.98 Å². The Bertz CT molecular complexity index is 569. The number of rotatable bonds is 2. The van der Waals surface area contributed by atoms with E-state index < -0.39 is 29.2 Å². The molecule has 100 valence electrons. The van der Waals surface area contributed by atoms with E-state index in [9.17, 15) is 22.7 Å². The van der Waals surface area contributed by atoms with E-state index in [-0.39, 0.29) is 5.56 Å². The van der Waals surface area contributed by atoms with Crippen LogP contribution in [-0.4, -0.2) is 10.1 Å². The van der Waals surface area contributed by atoms with Crippen LogP contribution in [-0.2, 0) is 6.18 Å². The number of benzene rings is 1. The molecule has 0 radical (unpaired) electrons. The first-order chi connectivity index (χ1) is 8.91. The molecule has 1 aromatic carbocycles. The molecule has 0 aliphatic heterocycles. The topological polar surface area (TPSA) is 33.1 Å². The SMILES string of the molecule is OC(c1cccnc1)c1cccc(C(F)(F)F)c1F. The monoisotopic (exact) mass is 271 g/mol. The first kappa shape index (κ1) is 13.5. The van der Waals surface area contributed by atoms with Crippen LogP contribution in [0.1, 0.15) is 22.8 Å². The number of hydrogen-bond donors (Lipinski definition) is 1. The van der Waals surface area contributed by atoms with Gasteiger partial charge in [0.25, 0.3) is 0 Å². The molecule has 2 nitrogen and oxygen atoms in total. The molecule has 1 heterocycles. The molecule has 0 bridgehead atoms. The van der Waals surface area contributed by atoms with Crippen molar-refractivity contribution in [3.8, 4) is 0 Å². The molecule has 1 unspecified atom stereocenters. The average molecular weight is 271 g/mol. The van der Waals surface area contributed by atoms with Gasteiger partial charge in [0.2, 0.25) is 0 Å². The van der Waals surface area contributed by atoms with Gasteiger partial charge in [0.1, 0.15) is 11.9 Å². The number of pyridine rings is 1. The second kappa shape index (κ2) is 4.97. The van der Waals surface area contributed by atoms with Crippen molar-refractivity contribution in [2.24, 2.45) is 0 Å². The van der Waals surface area contributed by atoms with Gasteiger partial charge in [0.05, 0.1) is 5.56 Å². The normalized spacial score (nSPS) is 13.3. The molecule has 2 rings (SSSR count). The lowest BCUT2D eigenvalue weighted by atomic mass is 10.00. The molecular formula is C13H9F4NO. The van der Waals surface area contributed by atoms with Crippen LogP contribution in [0.15, 0.2) is 42.7 Å². The third-order valence-electron chi connectivity index (χ3n) is 2.63. The zero-order chi connectivity index (χ0) is 14.0. The summed E-state index contributed by atoms with van der Waals surface area (Å²) in [5, 5.41) is 9.92. The van der Waals surface area contributed by atoms with Gasteiger partial charge in [-0.05, 0) is 12.1 Å².